The number of benzene rings is 2. The van der Waals surface area contributed by atoms with E-state index in [9.17, 15) is 14.9 Å². The van der Waals surface area contributed by atoms with Gasteiger partial charge in [-0.2, -0.15) is 0 Å². The fourth-order valence-electron chi connectivity index (χ4n) is 3.34. The van der Waals surface area contributed by atoms with Crippen molar-refractivity contribution in [2.24, 2.45) is 5.92 Å². The van der Waals surface area contributed by atoms with Crippen LogP contribution in [0.4, 0.5) is 11.4 Å². The number of nitro benzene ring substituents is 1. The number of rotatable bonds is 5. The number of carbonyl (C=O) groups is 1. The van der Waals surface area contributed by atoms with Gasteiger partial charge in [-0.1, -0.05) is 40.5 Å². The lowest BCUT2D eigenvalue weighted by Gasteiger charge is -2.31. The van der Waals surface area contributed by atoms with Crippen LogP contribution in [-0.2, 0) is 4.79 Å². The average Bonchev–Trinajstić information content (AvgIpc) is 2.61. The molecule has 1 N–H and O–H groups in total. The van der Waals surface area contributed by atoms with Crippen molar-refractivity contribution in [3.05, 3.63) is 68.7 Å². The molecule has 0 spiro atoms. The third-order valence-corrected chi connectivity index (χ3v) is 5.11. The molecule has 130 valence electrons. The van der Waals surface area contributed by atoms with E-state index >= 15 is 0 Å². The van der Waals surface area contributed by atoms with Gasteiger partial charge in [0.2, 0.25) is 0 Å². The highest BCUT2D eigenvalue weighted by molar-refractivity contribution is 9.10. The van der Waals surface area contributed by atoms with Crippen LogP contribution in [0.25, 0.3) is 0 Å². The first kappa shape index (κ1) is 17.6. The van der Waals surface area contributed by atoms with Crippen LogP contribution >= 0.6 is 15.9 Å². The van der Waals surface area contributed by atoms with E-state index in [0.29, 0.717) is 6.42 Å². The Balaban J connectivity index is 1.93. The molecule has 0 aliphatic heterocycles. The van der Waals surface area contributed by atoms with E-state index < -0.39 is 4.92 Å². The van der Waals surface area contributed by atoms with Crippen molar-refractivity contribution in [1.29, 1.82) is 0 Å². The minimum Gasteiger partial charge on any atom is -0.377 e. The number of nitrogens with one attached hydrogen (secondary N) is 1. The second kappa shape index (κ2) is 7.78. The number of anilines is 1. The number of non-ortho nitro benzene ring substituents is 1. The molecule has 0 saturated heterocycles. The fourth-order valence-corrected chi connectivity index (χ4v) is 3.74. The number of Topliss-reactive ketones (excluding diaryl/α,β-unsaturated/α-hetero) is 1. The van der Waals surface area contributed by atoms with E-state index in [2.05, 4.69) is 21.2 Å². The van der Waals surface area contributed by atoms with Crippen LogP contribution < -0.4 is 5.32 Å². The number of hydrogen-bond acceptors (Lipinski definition) is 4. The Hall–Kier alpha value is -2.21. The van der Waals surface area contributed by atoms with Crippen molar-refractivity contribution in [2.75, 3.05) is 5.32 Å². The lowest BCUT2D eigenvalue weighted by Crippen LogP contribution is -2.30. The Labute approximate surface area is 154 Å². The molecular weight excluding hydrogens is 384 g/mol. The minimum atomic E-state index is -0.410. The molecule has 0 amide bonds. The highest BCUT2D eigenvalue weighted by Crippen LogP contribution is 2.35. The van der Waals surface area contributed by atoms with E-state index in [-0.39, 0.29) is 23.4 Å². The van der Waals surface area contributed by atoms with E-state index in [1.807, 2.05) is 24.3 Å². The Morgan fingerprint density at radius 3 is 2.56 bits per heavy atom. The van der Waals surface area contributed by atoms with Crippen molar-refractivity contribution in [1.82, 2.24) is 0 Å². The number of hydrogen-bond donors (Lipinski definition) is 1. The second-order valence-corrected chi connectivity index (χ2v) is 7.22. The number of ketones is 1. The number of halogens is 1. The van der Waals surface area contributed by atoms with Gasteiger partial charge in [-0.25, -0.2) is 0 Å². The highest BCUT2D eigenvalue weighted by atomic mass is 79.9. The number of nitrogens with zero attached hydrogens (tertiary/aromatic N) is 1. The van der Waals surface area contributed by atoms with Crippen molar-refractivity contribution in [3.63, 3.8) is 0 Å². The van der Waals surface area contributed by atoms with Crippen molar-refractivity contribution in [2.45, 2.75) is 31.7 Å². The normalized spacial score (nSPS) is 18.6. The molecule has 0 radical (unpaired) electrons. The highest BCUT2D eigenvalue weighted by Gasteiger charge is 2.31. The van der Waals surface area contributed by atoms with Crippen LogP contribution in [0.15, 0.2) is 53.0 Å². The summed E-state index contributed by atoms with van der Waals surface area (Å²) in [6, 6.07) is 14.1. The van der Waals surface area contributed by atoms with Gasteiger partial charge in [0.1, 0.15) is 5.78 Å². The summed E-state index contributed by atoms with van der Waals surface area (Å²) in [5, 5.41) is 14.4. The molecule has 1 saturated carbocycles. The van der Waals surface area contributed by atoms with Crippen LogP contribution in [0.3, 0.4) is 0 Å². The first-order valence-corrected chi connectivity index (χ1v) is 9.13. The molecule has 1 aliphatic carbocycles. The van der Waals surface area contributed by atoms with E-state index in [1.165, 1.54) is 12.1 Å². The van der Waals surface area contributed by atoms with Crippen LogP contribution in [0.5, 0.6) is 0 Å². The van der Waals surface area contributed by atoms with E-state index in [0.717, 1.165) is 35.0 Å². The van der Waals surface area contributed by atoms with Gasteiger partial charge < -0.3 is 5.32 Å². The predicted molar refractivity (Wildman–Crippen MR) is 101 cm³/mol. The molecule has 5 nitrogen and oxygen atoms in total. The molecule has 3 rings (SSSR count). The molecule has 1 aliphatic rings. The summed E-state index contributed by atoms with van der Waals surface area (Å²) in [5.74, 6) is 0.145. The summed E-state index contributed by atoms with van der Waals surface area (Å²) in [7, 11) is 0. The summed E-state index contributed by atoms with van der Waals surface area (Å²) in [5.41, 5.74) is 1.86. The summed E-state index contributed by atoms with van der Waals surface area (Å²) in [4.78, 5) is 23.0. The molecule has 0 heterocycles. The van der Waals surface area contributed by atoms with Crippen LogP contribution in [-0.4, -0.2) is 10.7 Å². The number of nitro groups is 1. The lowest BCUT2D eigenvalue weighted by molar-refractivity contribution is -0.384. The number of carbonyl (C=O) groups excluding carboxylic acids is 1. The fraction of sp³-hybridized carbons (Fsp3) is 0.316. The zero-order valence-electron chi connectivity index (χ0n) is 13.7. The molecule has 0 aromatic heterocycles. The monoisotopic (exact) mass is 402 g/mol. The lowest BCUT2D eigenvalue weighted by atomic mass is 9.80. The zero-order chi connectivity index (χ0) is 17.8. The topological polar surface area (TPSA) is 72.2 Å². The molecule has 2 aromatic carbocycles. The van der Waals surface area contributed by atoms with Crippen LogP contribution in [0.2, 0.25) is 0 Å². The third-order valence-electron chi connectivity index (χ3n) is 4.61. The Morgan fingerprint density at radius 2 is 1.92 bits per heavy atom. The summed E-state index contributed by atoms with van der Waals surface area (Å²) >= 11 is 3.46. The van der Waals surface area contributed by atoms with Gasteiger partial charge in [-0.3, -0.25) is 14.9 Å². The van der Waals surface area contributed by atoms with Gasteiger partial charge in [0.15, 0.2) is 0 Å². The van der Waals surface area contributed by atoms with E-state index in [1.54, 1.807) is 12.1 Å². The quantitative estimate of drug-likeness (QED) is 0.545. The molecule has 0 bridgehead atoms. The van der Waals surface area contributed by atoms with Gasteiger partial charge in [0.05, 0.1) is 11.0 Å². The summed E-state index contributed by atoms with van der Waals surface area (Å²) in [6.07, 6.45) is 3.41. The van der Waals surface area contributed by atoms with Crippen LogP contribution in [0.1, 0.15) is 37.3 Å². The maximum absolute atomic E-state index is 12.5. The van der Waals surface area contributed by atoms with Gasteiger partial charge in [-0.05, 0) is 36.6 Å². The maximum atomic E-state index is 12.5. The molecule has 2 atom stereocenters. The molecule has 2 aromatic rings. The van der Waals surface area contributed by atoms with Crippen LogP contribution in [0, 0.1) is 16.0 Å². The third kappa shape index (κ3) is 4.25. The molecule has 25 heavy (non-hydrogen) atoms. The SMILES string of the molecule is O=C1CCCC[C@H]1[C@H](Nc1cccc(Br)c1)c1ccc([N+](=O)[O-])cc1. The van der Waals surface area contributed by atoms with Gasteiger partial charge >= 0.3 is 0 Å². The second-order valence-electron chi connectivity index (χ2n) is 6.30. The smallest absolute Gasteiger partial charge is 0.269 e. The first-order valence-electron chi connectivity index (χ1n) is 8.34. The van der Waals surface area contributed by atoms with Gasteiger partial charge in [0, 0.05) is 34.6 Å². The average molecular weight is 403 g/mol. The largest absolute Gasteiger partial charge is 0.377 e. The molecule has 1 fully saturated rings. The Bertz CT molecular complexity index is 776. The molecular formula is C19H19BrN2O3. The minimum absolute atomic E-state index is 0.0555. The zero-order valence-corrected chi connectivity index (χ0v) is 15.2. The van der Waals surface area contributed by atoms with Gasteiger partial charge in [0.25, 0.3) is 5.69 Å². The Kier molecular flexibility index (Phi) is 5.48. The van der Waals surface area contributed by atoms with Crippen molar-refractivity contribution in [3.8, 4) is 0 Å². The molecule has 6 heteroatoms. The maximum Gasteiger partial charge on any atom is 0.269 e. The van der Waals surface area contributed by atoms with Gasteiger partial charge in [-0.15, -0.1) is 0 Å². The predicted octanol–water partition coefficient (Wildman–Crippen LogP) is 5.27. The summed E-state index contributed by atoms with van der Waals surface area (Å²) < 4.78 is 0.954. The van der Waals surface area contributed by atoms with Crippen molar-refractivity contribution < 1.29 is 9.72 Å². The van der Waals surface area contributed by atoms with Crippen molar-refractivity contribution >= 4 is 33.1 Å². The van der Waals surface area contributed by atoms with E-state index in [4.69, 9.17) is 0 Å². The first-order chi connectivity index (χ1) is 12.0. The standard InChI is InChI=1S/C19H19BrN2O3/c20-14-4-3-5-15(12-14)21-19(17-6-1-2-7-18(17)23)13-8-10-16(11-9-13)22(24)25/h3-5,8-12,17,19,21H,1-2,6-7H2/t17-,19-/m1/s1. The molecule has 0 unspecified atom stereocenters. The Morgan fingerprint density at radius 1 is 1.16 bits per heavy atom. The summed E-state index contributed by atoms with van der Waals surface area (Å²) in [6.45, 7) is 0.